The second-order valence-corrected chi connectivity index (χ2v) is 5.29. The molecule has 1 atom stereocenters. The van der Waals surface area contributed by atoms with Crippen LogP contribution >= 0.6 is 0 Å². The molecule has 0 radical (unpaired) electrons. The second kappa shape index (κ2) is 5.57. The Kier molecular flexibility index (Phi) is 4.04. The van der Waals surface area contributed by atoms with E-state index >= 15 is 0 Å². The van der Waals surface area contributed by atoms with Crippen molar-refractivity contribution in [2.75, 3.05) is 31.6 Å². The summed E-state index contributed by atoms with van der Waals surface area (Å²) in [6.07, 6.45) is 1.02. The van der Waals surface area contributed by atoms with E-state index in [9.17, 15) is 9.90 Å². The highest BCUT2D eigenvalue weighted by Gasteiger charge is 2.25. The molecule has 1 aromatic rings. The molecule has 1 aliphatic heterocycles. The topological polar surface area (TPSA) is 56.7 Å². The zero-order valence-electron chi connectivity index (χ0n) is 11.8. The first-order chi connectivity index (χ1) is 8.99. The number of likely N-dealkylation sites (N-methyl/N-ethyl adjacent to an activating group) is 1. The van der Waals surface area contributed by atoms with E-state index in [-0.39, 0.29) is 6.04 Å². The molecule has 19 heavy (non-hydrogen) atoms. The fourth-order valence-electron chi connectivity index (χ4n) is 2.62. The fourth-order valence-corrected chi connectivity index (χ4v) is 2.62. The molecule has 0 amide bonds. The normalized spacial score (nSPS) is 21.2. The van der Waals surface area contributed by atoms with Crippen molar-refractivity contribution < 1.29 is 9.90 Å². The Labute approximate surface area is 113 Å². The maximum atomic E-state index is 11.4. The van der Waals surface area contributed by atoms with Crippen LogP contribution in [0.4, 0.5) is 5.82 Å². The average Bonchev–Trinajstić information content (AvgIpc) is 2.49. The van der Waals surface area contributed by atoms with Gasteiger partial charge >= 0.3 is 5.97 Å². The number of carboxylic acids is 1. The minimum Gasteiger partial charge on any atom is -0.478 e. The van der Waals surface area contributed by atoms with Gasteiger partial charge in [0.15, 0.2) is 0 Å². The van der Waals surface area contributed by atoms with Crippen LogP contribution in [0.3, 0.4) is 0 Å². The highest BCUT2D eigenvalue weighted by atomic mass is 16.4. The first-order valence-electron chi connectivity index (χ1n) is 6.65. The minimum atomic E-state index is -0.910. The smallest absolute Gasteiger partial charge is 0.339 e. The Morgan fingerprint density at radius 1 is 1.42 bits per heavy atom. The lowest BCUT2D eigenvalue weighted by atomic mass is 10.2. The first-order valence-corrected chi connectivity index (χ1v) is 6.65. The number of anilines is 1. The molecule has 1 saturated heterocycles. The number of aryl methyl sites for hydroxylation is 1. The molecule has 104 valence electrons. The zero-order chi connectivity index (χ0) is 14.0. The second-order valence-electron chi connectivity index (χ2n) is 5.29. The monoisotopic (exact) mass is 263 g/mol. The Hall–Kier alpha value is -1.62. The summed E-state index contributed by atoms with van der Waals surface area (Å²) in [6, 6.07) is 3.67. The van der Waals surface area contributed by atoms with E-state index in [0.29, 0.717) is 11.4 Å². The predicted octanol–water partition coefficient (Wildman–Crippen LogP) is 1.62. The Morgan fingerprint density at radius 3 is 2.84 bits per heavy atom. The molecule has 0 aromatic carbocycles. The van der Waals surface area contributed by atoms with Crippen molar-refractivity contribution in [3.63, 3.8) is 0 Å². The zero-order valence-corrected chi connectivity index (χ0v) is 11.8. The summed E-state index contributed by atoms with van der Waals surface area (Å²) < 4.78 is 0. The third-order valence-corrected chi connectivity index (χ3v) is 3.56. The maximum Gasteiger partial charge on any atom is 0.339 e. The molecule has 0 saturated carbocycles. The van der Waals surface area contributed by atoms with Gasteiger partial charge in [0, 0.05) is 24.8 Å². The van der Waals surface area contributed by atoms with Gasteiger partial charge in [-0.05, 0) is 46.0 Å². The highest BCUT2D eigenvalue weighted by Crippen LogP contribution is 2.23. The van der Waals surface area contributed by atoms with Crippen molar-refractivity contribution in [2.24, 2.45) is 0 Å². The number of nitrogens with zero attached hydrogens (tertiary/aromatic N) is 3. The first kappa shape index (κ1) is 13.8. The molecule has 0 bridgehead atoms. The molecule has 1 aliphatic rings. The third kappa shape index (κ3) is 3.04. The minimum absolute atomic E-state index is 0.264. The van der Waals surface area contributed by atoms with Crippen molar-refractivity contribution in [3.05, 3.63) is 23.4 Å². The Morgan fingerprint density at radius 2 is 2.16 bits per heavy atom. The van der Waals surface area contributed by atoms with Crippen LogP contribution < -0.4 is 4.90 Å². The molecule has 2 heterocycles. The number of hydrogen-bond donors (Lipinski definition) is 1. The van der Waals surface area contributed by atoms with E-state index in [2.05, 4.69) is 28.8 Å². The van der Waals surface area contributed by atoms with Gasteiger partial charge in [0.05, 0.1) is 0 Å². The number of aromatic carboxylic acids is 1. The van der Waals surface area contributed by atoms with Crippen LogP contribution in [-0.4, -0.2) is 53.7 Å². The van der Waals surface area contributed by atoms with E-state index in [1.165, 1.54) is 0 Å². The van der Waals surface area contributed by atoms with Crippen LogP contribution in [-0.2, 0) is 0 Å². The van der Waals surface area contributed by atoms with Crippen molar-refractivity contribution in [2.45, 2.75) is 26.3 Å². The predicted molar refractivity (Wildman–Crippen MR) is 74.9 cm³/mol. The van der Waals surface area contributed by atoms with E-state index in [1.54, 1.807) is 12.1 Å². The summed E-state index contributed by atoms with van der Waals surface area (Å²) in [6.45, 7) is 6.83. The number of hydrogen-bond acceptors (Lipinski definition) is 4. The summed E-state index contributed by atoms with van der Waals surface area (Å²) >= 11 is 0. The van der Waals surface area contributed by atoms with Crippen LogP contribution in [0.25, 0.3) is 0 Å². The molecule has 1 fully saturated rings. The van der Waals surface area contributed by atoms with Gasteiger partial charge in [-0.2, -0.15) is 0 Å². The number of aromatic nitrogens is 1. The van der Waals surface area contributed by atoms with Crippen LogP contribution in [0, 0.1) is 6.92 Å². The number of rotatable bonds is 2. The summed E-state index contributed by atoms with van der Waals surface area (Å²) in [5.41, 5.74) is 1.15. The fraction of sp³-hybridized carbons (Fsp3) is 0.571. The molecular weight excluding hydrogens is 242 g/mol. The van der Waals surface area contributed by atoms with Gasteiger partial charge in [0.2, 0.25) is 0 Å². The third-order valence-electron chi connectivity index (χ3n) is 3.56. The molecule has 5 nitrogen and oxygen atoms in total. The largest absolute Gasteiger partial charge is 0.478 e. The Balaban J connectivity index is 2.38. The summed E-state index contributed by atoms with van der Waals surface area (Å²) in [5, 5.41) is 9.32. The lowest BCUT2D eigenvalue weighted by Crippen LogP contribution is -2.39. The van der Waals surface area contributed by atoms with Gasteiger partial charge in [-0.3, -0.25) is 0 Å². The van der Waals surface area contributed by atoms with Crippen LogP contribution in [0.2, 0.25) is 0 Å². The number of carboxylic acid groups (broad SMARTS) is 1. The Bertz CT molecular complexity index is 476. The van der Waals surface area contributed by atoms with Crippen molar-refractivity contribution >= 4 is 11.8 Å². The highest BCUT2D eigenvalue weighted by molar-refractivity contribution is 5.93. The van der Waals surface area contributed by atoms with Gasteiger partial charge in [0.1, 0.15) is 11.4 Å². The SMILES string of the molecule is Cc1ccc(C(=O)O)c(N2CCCN(C)CC2C)n1. The molecule has 2 rings (SSSR count). The number of pyridine rings is 1. The van der Waals surface area contributed by atoms with Gasteiger partial charge in [0.25, 0.3) is 0 Å². The van der Waals surface area contributed by atoms with E-state index < -0.39 is 5.97 Å². The van der Waals surface area contributed by atoms with Crippen LogP contribution in [0.1, 0.15) is 29.4 Å². The summed E-state index contributed by atoms with van der Waals surface area (Å²) in [4.78, 5) is 20.2. The summed E-state index contributed by atoms with van der Waals surface area (Å²) in [7, 11) is 2.10. The van der Waals surface area contributed by atoms with Gasteiger partial charge < -0.3 is 14.9 Å². The lowest BCUT2D eigenvalue weighted by Gasteiger charge is -2.30. The quantitative estimate of drug-likeness (QED) is 0.878. The van der Waals surface area contributed by atoms with Gasteiger partial charge in [-0.1, -0.05) is 0 Å². The molecule has 1 aromatic heterocycles. The molecule has 0 aliphatic carbocycles. The molecule has 0 spiro atoms. The maximum absolute atomic E-state index is 11.4. The average molecular weight is 263 g/mol. The number of carbonyl (C=O) groups is 1. The van der Waals surface area contributed by atoms with Gasteiger partial charge in [-0.15, -0.1) is 0 Å². The molecule has 5 heteroatoms. The summed E-state index contributed by atoms with van der Waals surface area (Å²) in [5.74, 6) is -0.303. The van der Waals surface area contributed by atoms with Crippen LogP contribution in [0.15, 0.2) is 12.1 Å². The molecule has 1 unspecified atom stereocenters. The van der Waals surface area contributed by atoms with E-state index in [1.807, 2.05) is 6.92 Å². The van der Waals surface area contributed by atoms with Crippen LogP contribution in [0.5, 0.6) is 0 Å². The van der Waals surface area contributed by atoms with Crippen molar-refractivity contribution in [1.29, 1.82) is 0 Å². The standard InChI is InChI=1S/C14H21N3O2/c1-10-5-6-12(14(18)19)13(15-10)17-8-4-7-16(3)9-11(17)2/h5-6,11H,4,7-9H2,1-3H3,(H,18,19). The molecule has 1 N–H and O–H groups in total. The van der Waals surface area contributed by atoms with E-state index in [0.717, 1.165) is 31.7 Å². The van der Waals surface area contributed by atoms with Gasteiger partial charge in [-0.25, -0.2) is 9.78 Å². The van der Waals surface area contributed by atoms with Crippen molar-refractivity contribution in [3.8, 4) is 0 Å². The van der Waals surface area contributed by atoms with Crippen molar-refractivity contribution in [1.82, 2.24) is 9.88 Å². The van der Waals surface area contributed by atoms with E-state index in [4.69, 9.17) is 0 Å². The molecular formula is C14H21N3O2. The lowest BCUT2D eigenvalue weighted by molar-refractivity contribution is 0.0697.